The molecular weight excluding hydrogens is 268 g/mol. The Bertz CT molecular complexity index is 454. The molecule has 1 N–H and O–H groups in total. The molecule has 0 aliphatic heterocycles. The van der Waals surface area contributed by atoms with Crippen LogP contribution in [0.2, 0.25) is 0 Å². The van der Waals surface area contributed by atoms with Crippen molar-refractivity contribution in [1.82, 2.24) is 10.5 Å². The summed E-state index contributed by atoms with van der Waals surface area (Å²) in [4.78, 5) is 0. The maximum absolute atomic E-state index is 4.99. The van der Waals surface area contributed by atoms with Crippen molar-refractivity contribution in [2.45, 2.75) is 20.0 Å². The molecule has 16 heavy (non-hydrogen) atoms. The average Bonchev–Trinajstić information content (AvgIpc) is 2.76. The van der Waals surface area contributed by atoms with Crippen LogP contribution >= 0.6 is 15.9 Å². The first-order valence-corrected chi connectivity index (χ1v) is 5.90. The SMILES string of the molecule is Cc1ccc(CNCc2ccno2)cc1Br. The molecule has 2 aromatic rings. The molecule has 0 unspecified atom stereocenters. The molecule has 0 aliphatic rings. The molecule has 0 fully saturated rings. The van der Waals surface area contributed by atoms with E-state index in [1.54, 1.807) is 6.20 Å². The van der Waals surface area contributed by atoms with E-state index < -0.39 is 0 Å². The Labute approximate surface area is 103 Å². The standard InChI is InChI=1S/C12H13BrN2O/c1-9-2-3-10(6-12(9)13)7-14-8-11-4-5-15-16-11/h2-6,14H,7-8H2,1H3. The summed E-state index contributed by atoms with van der Waals surface area (Å²) in [5, 5.41) is 6.95. The van der Waals surface area contributed by atoms with Gasteiger partial charge in [0.25, 0.3) is 0 Å². The van der Waals surface area contributed by atoms with E-state index in [4.69, 9.17) is 4.52 Å². The highest BCUT2D eigenvalue weighted by molar-refractivity contribution is 9.10. The zero-order valence-corrected chi connectivity index (χ0v) is 10.6. The summed E-state index contributed by atoms with van der Waals surface area (Å²) in [7, 11) is 0. The van der Waals surface area contributed by atoms with Crippen molar-refractivity contribution in [2.24, 2.45) is 0 Å². The maximum Gasteiger partial charge on any atom is 0.150 e. The second-order valence-electron chi connectivity index (χ2n) is 3.67. The monoisotopic (exact) mass is 280 g/mol. The van der Waals surface area contributed by atoms with Crippen LogP contribution in [0.3, 0.4) is 0 Å². The van der Waals surface area contributed by atoms with Crippen LogP contribution in [0.25, 0.3) is 0 Å². The Kier molecular flexibility index (Phi) is 3.74. The smallest absolute Gasteiger partial charge is 0.150 e. The Morgan fingerprint density at radius 2 is 2.19 bits per heavy atom. The summed E-state index contributed by atoms with van der Waals surface area (Å²) in [6, 6.07) is 8.21. The van der Waals surface area contributed by atoms with Gasteiger partial charge in [0.15, 0.2) is 0 Å². The lowest BCUT2D eigenvalue weighted by Crippen LogP contribution is -2.12. The van der Waals surface area contributed by atoms with Crippen molar-refractivity contribution in [3.8, 4) is 0 Å². The number of nitrogens with one attached hydrogen (secondary N) is 1. The summed E-state index contributed by atoms with van der Waals surface area (Å²) in [5.41, 5.74) is 2.50. The minimum atomic E-state index is 0.700. The van der Waals surface area contributed by atoms with Gasteiger partial charge in [-0.25, -0.2) is 0 Å². The number of rotatable bonds is 4. The van der Waals surface area contributed by atoms with Crippen molar-refractivity contribution < 1.29 is 4.52 Å². The van der Waals surface area contributed by atoms with E-state index in [2.05, 4.69) is 51.5 Å². The minimum Gasteiger partial charge on any atom is -0.360 e. The topological polar surface area (TPSA) is 38.1 Å². The number of benzene rings is 1. The van der Waals surface area contributed by atoms with Gasteiger partial charge in [0.2, 0.25) is 0 Å². The van der Waals surface area contributed by atoms with Crippen LogP contribution in [-0.4, -0.2) is 5.16 Å². The van der Waals surface area contributed by atoms with Gasteiger partial charge >= 0.3 is 0 Å². The molecule has 84 valence electrons. The van der Waals surface area contributed by atoms with Gasteiger partial charge in [-0.15, -0.1) is 0 Å². The third-order valence-corrected chi connectivity index (χ3v) is 3.21. The van der Waals surface area contributed by atoms with E-state index in [9.17, 15) is 0 Å². The third kappa shape index (κ3) is 2.93. The zero-order valence-electron chi connectivity index (χ0n) is 9.03. The van der Waals surface area contributed by atoms with Gasteiger partial charge in [0.05, 0.1) is 12.7 Å². The van der Waals surface area contributed by atoms with Crippen LogP contribution in [0.5, 0.6) is 0 Å². The van der Waals surface area contributed by atoms with E-state index in [0.717, 1.165) is 16.8 Å². The number of aryl methyl sites for hydroxylation is 1. The molecule has 1 heterocycles. The molecule has 3 nitrogen and oxygen atoms in total. The van der Waals surface area contributed by atoms with E-state index >= 15 is 0 Å². The summed E-state index contributed by atoms with van der Waals surface area (Å²) in [6.07, 6.45) is 1.65. The second kappa shape index (κ2) is 5.27. The second-order valence-corrected chi connectivity index (χ2v) is 4.52. The molecule has 0 radical (unpaired) electrons. The lowest BCUT2D eigenvalue weighted by Gasteiger charge is -2.05. The number of aromatic nitrogens is 1. The fraction of sp³-hybridized carbons (Fsp3) is 0.250. The first-order valence-electron chi connectivity index (χ1n) is 5.11. The van der Waals surface area contributed by atoms with Crippen molar-refractivity contribution in [2.75, 3.05) is 0 Å². The number of halogens is 1. The van der Waals surface area contributed by atoms with Crippen LogP contribution in [-0.2, 0) is 13.1 Å². The van der Waals surface area contributed by atoms with Crippen molar-refractivity contribution in [3.05, 3.63) is 51.8 Å². The van der Waals surface area contributed by atoms with Gasteiger partial charge in [0.1, 0.15) is 5.76 Å². The number of hydrogen-bond acceptors (Lipinski definition) is 3. The van der Waals surface area contributed by atoms with Crippen LogP contribution < -0.4 is 5.32 Å². The van der Waals surface area contributed by atoms with Crippen molar-refractivity contribution in [1.29, 1.82) is 0 Å². The average molecular weight is 281 g/mol. The Morgan fingerprint density at radius 1 is 1.31 bits per heavy atom. The van der Waals surface area contributed by atoms with Crippen LogP contribution in [0, 0.1) is 6.92 Å². The number of nitrogens with zero attached hydrogens (tertiary/aromatic N) is 1. The van der Waals surface area contributed by atoms with Crippen molar-refractivity contribution in [3.63, 3.8) is 0 Å². The summed E-state index contributed by atoms with van der Waals surface area (Å²) < 4.78 is 6.14. The molecule has 0 aliphatic carbocycles. The van der Waals surface area contributed by atoms with Gasteiger partial charge < -0.3 is 9.84 Å². The molecule has 1 aromatic heterocycles. The van der Waals surface area contributed by atoms with E-state index in [0.29, 0.717) is 6.54 Å². The Hall–Kier alpha value is -1.13. The fourth-order valence-electron chi connectivity index (χ4n) is 1.41. The van der Waals surface area contributed by atoms with Crippen LogP contribution in [0.15, 0.2) is 39.5 Å². The lowest BCUT2D eigenvalue weighted by molar-refractivity contribution is 0.373. The predicted octanol–water partition coefficient (Wildman–Crippen LogP) is 3.04. The molecule has 0 saturated heterocycles. The van der Waals surface area contributed by atoms with E-state index in [-0.39, 0.29) is 0 Å². The van der Waals surface area contributed by atoms with Gasteiger partial charge in [-0.3, -0.25) is 0 Å². The molecule has 0 bridgehead atoms. The first kappa shape index (κ1) is 11.4. The summed E-state index contributed by atoms with van der Waals surface area (Å²) >= 11 is 3.52. The van der Waals surface area contributed by atoms with E-state index in [1.807, 2.05) is 6.07 Å². The van der Waals surface area contributed by atoms with Crippen LogP contribution in [0.4, 0.5) is 0 Å². The van der Waals surface area contributed by atoms with Gasteiger partial charge in [-0.1, -0.05) is 33.2 Å². The van der Waals surface area contributed by atoms with Gasteiger partial charge in [0, 0.05) is 17.1 Å². The quantitative estimate of drug-likeness (QED) is 0.936. The zero-order chi connectivity index (χ0) is 11.4. The Morgan fingerprint density at radius 3 is 2.88 bits per heavy atom. The molecule has 0 spiro atoms. The van der Waals surface area contributed by atoms with Gasteiger partial charge in [-0.05, 0) is 24.1 Å². The third-order valence-electron chi connectivity index (χ3n) is 2.36. The molecule has 0 atom stereocenters. The van der Waals surface area contributed by atoms with Crippen molar-refractivity contribution >= 4 is 15.9 Å². The highest BCUT2D eigenvalue weighted by atomic mass is 79.9. The summed E-state index contributed by atoms with van der Waals surface area (Å²) in [5.74, 6) is 0.853. The minimum absolute atomic E-state index is 0.700. The lowest BCUT2D eigenvalue weighted by atomic mass is 10.1. The highest BCUT2D eigenvalue weighted by Gasteiger charge is 1.99. The fourth-order valence-corrected chi connectivity index (χ4v) is 1.84. The highest BCUT2D eigenvalue weighted by Crippen LogP contribution is 2.17. The summed E-state index contributed by atoms with van der Waals surface area (Å²) in [6.45, 7) is 3.60. The van der Waals surface area contributed by atoms with Gasteiger partial charge in [-0.2, -0.15) is 0 Å². The molecule has 0 amide bonds. The predicted molar refractivity (Wildman–Crippen MR) is 65.9 cm³/mol. The molecular formula is C12H13BrN2O. The molecule has 4 heteroatoms. The molecule has 0 saturated carbocycles. The largest absolute Gasteiger partial charge is 0.360 e. The maximum atomic E-state index is 4.99. The Balaban J connectivity index is 1.87. The molecule has 2 rings (SSSR count). The normalized spacial score (nSPS) is 10.6. The number of hydrogen-bond donors (Lipinski definition) is 1. The van der Waals surface area contributed by atoms with Crippen LogP contribution in [0.1, 0.15) is 16.9 Å². The van der Waals surface area contributed by atoms with E-state index in [1.165, 1.54) is 11.1 Å². The first-order chi connectivity index (χ1) is 7.75. The molecule has 1 aromatic carbocycles.